The standard InChI is InChI=1S/C22H21FN6O2/c23-17-7-4-15(5-8-17)22-24-21(26-31-22)16-6-9-19-18(14-16)25-27-29(19)13-10-20(30)28-11-2-1-3-12-28/h4-9,14H,1-3,10-13H2. The monoisotopic (exact) mass is 420 g/mol. The van der Waals surface area contributed by atoms with Gasteiger partial charge in [0, 0.05) is 30.6 Å². The maximum Gasteiger partial charge on any atom is 0.258 e. The van der Waals surface area contributed by atoms with Gasteiger partial charge in [-0.15, -0.1) is 5.10 Å². The van der Waals surface area contributed by atoms with Crippen LogP contribution >= 0.6 is 0 Å². The van der Waals surface area contributed by atoms with E-state index in [1.165, 1.54) is 18.6 Å². The number of rotatable bonds is 5. The highest BCUT2D eigenvalue weighted by Gasteiger charge is 2.17. The molecule has 2 aromatic carbocycles. The number of amides is 1. The van der Waals surface area contributed by atoms with Crippen molar-refractivity contribution in [1.82, 2.24) is 30.0 Å². The molecule has 0 atom stereocenters. The molecule has 2 aromatic heterocycles. The van der Waals surface area contributed by atoms with Crippen molar-refractivity contribution in [3.05, 3.63) is 48.3 Å². The molecule has 5 rings (SSSR count). The summed E-state index contributed by atoms with van der Waals surface area (Å²) >= 11 is 0. The molecular formula is C22H21FN6O2. The summed E-state index contributed by atoms with van der Waals surface area (Å²) in [7, 11) is 0. The first-order valence-corrected chi connectivity index (χ1v) is 10.4. The molecule has 158 valence electrons. The van der Waals surface area contributed by atoms with E-state index in [4.69, 9.17) is 4.52 Å². The van der Waals surface area contributed by atoms with Gasteiger partial charge in [0.1, 0.15) is 11.3 Å². The first-order valence-electron chi connectivity index (χ1n) is 10.4. The second kappa shape index (κ2) is 8.25. The van der Waals surface area contributed by atoms with E-state index in [0.717, 1.165) is 37.0 Å². The second-order valence-corrected chi connectivity index (χ2v) is 7.64. The highest BCUT2D eigenvalue weighted by atomic mass is 19.1. The summed E-state index contributed by atoms with van der Waals surface area (Å²) < 4.78 is 20.2. The molecule has 0 bridgehead atoms. The molecule has 0 saturated carbocycles. The number of hydrogen-bond donors (Lipinski definition) is 0. The summed E-state index contributed by atoms with van der Waals surface area (Å²) in [4.78, 5) is 18.8. The lowest BCUT2D eigenvalue weighted by Gasteiger charge is -2.26. The summed E-state index contributed by atoms with van der Waals surface area (Å²) in [6, 6.07) is 11.5. The van der Waals surface area contributed by atoms with Crippen molar-refractivity contribution in [2.45, 2.75) is 32.2 Å². The van der Waals surface area contributed by atoms with Crippen LogP contribution in [0.2, 0.25) is 0 Å². The van der Waals surface area contributed by atoms with E-state index in [-0.39, 0.29) is 11.7 Å². The number of aryl methyl sites for hydroxylation is 1. The fourth-order valence-electron chi connectivity index (χ4n) is 3.83. The molecule has 1 fully saturated rings. The Morgan fingerprint density at radius 3 is 2.61 bits per heavy atom. The first-order chi connectivity index (χ1) is 15.2. The predicted octanol–water partition coefficient (Wildman–Crippen LogP) is 3.69. The van der Waals surface area contributed by atoms with Crippen LogP contribution in [0.5, 0.6) is 0 Å². The third-order valence-electron chi connectivity index (χ3n) is 5.54. The van der Waals surface area contributed by atoms with Crippen molar-refractivity contribution >= 4 is 16.9 Å². The van der Waals surface area contributed by atoms with Gasteiger partial charge in [-0.1, -0.05) is 10.4 Å². The number of benzene rings is 2. The van der Waals surface area contributed by atoms with Crippen LogP contribution in [0.4, 0.5) is 4.39 Å². The average Bonchev–Trinajstić information content (AvgIpc) is 3.46. The Hall–Kier alpha value is -3.62. The van der Waals surface area contributed by atoms with Gasteiger partial charge in [-0.2, -0.15) is 4.98 Å². The fourth-order valence-corrected chi connectivity index (χ4v) is 3.83. The lowest BCUT2D eigenvalue weighted by molar-refractivity contribution is -0.132. The van der Waals surface area contributed by atoms with E-state index < -0.39 is 0 Å². The molecule has 8 nitrogen and oxygen atoms in total. The minimum absolute atomic E-state index is 0.167. The minimum atomic E-state index is -0.324. The third-order valence-corrected chi connectivity index (χ3v) is 5.54. The zero-order valence-corrected chi connectivity index (χ0v) is 16.9. The molecule has 1 amide bonds. The highest BCUT2D eigenvalue weighted by molar-refractivity contribution is 5.80. The van der Waals surface area contributed by atoms with E-state index >= 15 is 0 Å². The van der Waals surface area contributed by atoms with Crippen LogP contribution in [0.3, 0.4) is 0 Å². The Bertz CT molecular complexity index is 1210. The van der Waals surface area contributed by atoms with Crippen LogP contribution in [-0.4, -0.2) is 49.0 Å². The van der Waals surface area contributed by atoms with E-state index in [9.17, 15) is 9.18 Å². The molecule has 1 aliphatic rings. The van der Waals surface area contributed by atoms with E-state index in [1.54, 1.807) is 16.8 Å². The van der Waals surface area contributed by atoms with E-state index in [1.807, 2.05) is 23.1 Å². The molecule has 0 N–H and O–H groups in total. The molecule has 31 heavy (non-hydrogen) atoms. The SMILES string of the molecule is O=C(CCn1nnc2cc(-c3noc(-c4ccc(F)cc4)n3)ccc21)N1CCCCC1. The Kier molecular flexibility index (Phi) is 5.15. The van der Waals surface area contributed by atoms with Crippen LogP contribution in [-0.2, 0) is 11.3 Å². The lowest BCUT2D eigenvalue weighted by Crippen LogP contribution is -2.36. The summed E-state index contributed by atoms with van der Waals surface area (Å²) in [5.41, 5.74) is 2.92. The average molecular weight is 420 g/mol. The van der Waals surface area contributed by atoms with Crippen molar-refractivity contribution in [3.8, 4) is 22.8 Å². The zero-order valence-electron chi connectivity index (χ0n) is 16.9. The normalized spacial score (nSPS) is 14.3. The Morgan fingerprint density at radius 1 is 1.03 bits per heavy atom. The minimum Gasteiger partial charge on any atom is -0.343 e. The maximum atomic E-state index is 13.1. The van der Waals surface area contributed by atoms with Gasteiger partial charge in [0.2, 0.25) is 11.7 Å². The highest BCUT2D eigenvalue weighted by Crippen LogP contribution is 2.25. The smallest absolute Gasteiger partial charge is 0.258 e. The largest absolute Gasteiger partial charge is 0.343 e. The summed E-state index contributed by atoms with van der Waals surface area (Å²) in [6.45, 7) is 2.19. The number of fused-ring (bicyclic) bond motifs is 1. The van der Waals surface area contributed by atoms with Gasteiger partial charge >= 0.3 is 0 Å². The van der Waals surface area contributed by atoms with Crippen molar-refractivity contribution < 1.29 is 13.7 Å². The van der Waals surface area contributed by atoms with Crippen molar-refractivity contribution in [3.63, 3.8) is 0 Å². The second-order valence-electron chi connectivity index (χ2n) is 7.64. The van der Waals surface area contributed by atoms with Gasteiger partial charge in [-0.05, 0) is 61.7 Å². The third kappa shape index (κ3) is 4.03. The molecule has 1 saturated heterocycles. The summed E-state index contributed by atoms with van der Waals surface area (Å²) in [5, 5.41) is 12.5. The summed E-state index contributed by atoms with van der Waals surface area (Å²) in [6.07, 6.45) is 3.77. The molecule has 1 aliphatic heterocycles. The quantitative estimate of drug-likeness (QED) is 0.489. The Morgan fingerprint density at radius 2 is 1.81 bits per heavy atom. The lowest BCUT2D eigenvalue weighted by atomic mass is 10.1. The molecule has 0 spiro atoms. The maximum absolute atomic E-state index is 13.1. The zero-order chi connectivity index (χ0) is 21.2. The van der Waals surface area contributed by atoms with Crippen LogP contribution in [0.25, 0.3) is 33.9 Å². The number of nitrogens with zero attached hydrogens (tertiary/aromatic N) is 6. The van der Waals surface area contributed by atoms with Gasteiger partial charge < -0.3 is 9.42 Å². The van der Waals surface area contributed by atoms with Crippen LogP contribution < -0.4 is 0 Å². The molecule has 0 unspecified atom stereocenters. The first kappa shape index (κ1) is 19.3. The summed E-state index contributed by atoms with van der Waals surface area (Å²) in [5.74, 6) is 0.570. The van der Waals surface area contributed by atoms with Crippen LogP contribution in [0.15, 0.2) is 47.0 Å². The van der Waals surface area contributed by atoms with Gasteiger partial charge in [-0.3, -0.25) is 4.79 Å². The van der Waals surface area contributed by atoms with Crippen LogP contribution in [0, 0.1) is 5.82 Å². The number of likely N-dealkylation sites (tertiary alicyclic amines) is 1. The predicted molar refractivity (Wildman–Crippen MR) is 111 cm³/mol. The van der Waals surface area contributed by atoms with E-state index in [2.05, 4.69) is 20.5 Å². The number of piperidine rings is 1. The molecule has 3 heterocycles. The number of hydrogen-bond acceptors (Lipinski definition) is 6. The molecule has 4 aromatic rings. The molecular weight excluding hydrogens is 399 g/mol. The topological polar surface area (TPSA) is 89.9 Å². The van der Waals surface area contributed by atoms with Crippen molar-refractivity contribution in [2.75, 3.05) is 13.1 Å². The number of carbonyl (C=O) groups is 1. The van der Waals surface area contributed by atoms with E-state index in [0.29, 0.717) is 35.8 Å². The van der Waals surface area contributed by atoms with Gasteiger partial charge in [0.25, 0.3) is 5.89 Å². The molecule has 0 aliphatic carbocycles. The Balaban J connectivity index is 1.31. The van der Waals surface area contributed by atoms with Crippen LogP contribution in [0.1, 0.15) is 25.7 Å². The van der Waals surface area contributed by atoms with Gasteiger partial charge in [-0.25, -0.2) is 9.07 Å². The molecule has 9 heteroatoms. The van der Waals surface area contributed by atoms with Gasteiger partial charge in [0.05, 0.1) is 12.1 Å². The number of aromatic nitrogens is 5. The van der Waals surface area contributed by atoms with Gasteiger partial charge in [0.15, 0.2) is 0 Å². The van der Waals surface area contributed by atoms with Crippen molar-refractivity contribution in [2.24, 2.45) is 0 Å². The molecule has 0 radical (unpaired) electrons. The number of carbonyl (C=O) groups excluding carboxylic acids is 1. The fraction of sp³-hybridized carbons (Fsp3) is 0.318. The van der Waals surface area contributed by atoms with Crippen molar-refractivity contribution in [1.29, 1.82) is 0 Å². The number of halogens is 1. The Labute approximate surface area is 177 Å².